The maximum atomic E-state index is 12.3. The molecule has 0 aliphatic heterocycles. The minimum atomic E-state index is -0.832. The Morgan fingerprint density at radius 3 is 2.69 bits per heavy atom. The second-order valence-corrected chi connectivity index (χ2v) is 6.12. The number of benzene rings is 1. The third-order valence-corrected chi connectivity index (χ3v) is 5.08. The molecule has 1 aromatic carbocycles. The van der Waals surface area contributed by atoms with Crippen molar-refractivity contribution in [2.24, 2.45) is 0 Å². The summed E-state index contributed by atoms with van der Waals surface area (Å²) in [6.07, 6.45) is 4.55. The molecule has 16 heavy (non-hydrogen) atoms. The molecule has 0 aromatic heterocycles. The number of rotatable bonds is 3. The molecule has 1 aromatic rings. The van der Waals surface area contributed by atoms with Gasteiger partial charge in [0.05, 0.1) is 10.8 Å². The van der Waals surface area contributed by atoms with E-state index in [0.29, 0.717) is 11.3 Å². The number of hydrogen-bond donors (Lipinski definition) is 1. The maximum absolute atomic E-state index is 12.3. The zero-order chi connectivity index (χ0) is 11.4. The first-order chi connectivity index (χ1) is 7.81. The topological polar surface area (TPSA) is 29.1 Å². The molecule has 3 heteroatoms. The Balaban J connectivity index is 2.05. The monoisotopic (exact) mass is 237 g/mol. The summed E-state index contributed by atoms with van der Waals surface area (Å²) in [5.74, 6) is 0. The molecule has 1 aliphatic rings. The highest BCUT2D eigenvalue weighted by molar-refractivity contribution is 7.85. The summed E-state index contributed by atoms with van der Waals surface area (Å²) in [6.45, 7) is 0. The first-order valence-corrected chi connectivity index (χ1v) is 7.15. The van der Waals surface area contributed by atoms with Crippen molar-refractivity contribution in [1.82, 2.24) is 5.32 Å². The van der Waals surface area contributed by atoms with E-state index in [-0.39, 0.29) is 0 Å². The second-order valence-electron chi connectivity index (χ2n) is 4.38. The molecule has 1 aliphatic carbocycles. The van der Waals surface area contributed by atoms with Crippen LogP contribution in [0.3, 0.4) is 0 Å². The van der Waals surface area contributed by atoms with E-state index in [1.54, 1.807) is 0 Å². The smallest absolute Gasteiger partial charge is 0.0561 e. The molecule has 3 unspecified atom stereocenters. The highest BCUT2D eigenvalue weighted by atomic mass is 32.2. The van der Waals surface area contributed by atoms with Crippen LogP contribution in [0.15, 0.2) is 35.2 Å². The van der Waals surface area contributed by atoms with Crippen LogP contribution in [-0.4, -0.2) is 22.5 Å². The Morgan fingerprint density at radius 1 is 1.25 bits per heavy atom. The molecule has 88 valence electrons. The highest BCUT2D eigenvalue weighted by Crippen LogP contribution is 2.25. The first-order valence-electron chi connectivity index (χ1n) is 5.94. The lowest BCUT2D eigenvalue weighted by Gasteiger charge is -2.28. The van der Waals surface area contributed by atoms with Gasteiger partial charge in [-0.2, -0.15) is 0 Å². The van der Waals surface area contributed by atoms with Crippen LogP contribution in [0.4, 0.5) is 0 Å². The molecule has 2 nitrogen and oxygen atoms in total. The molecule has 1 fully saturated rings. The second kappa shape index (κ2) is 5.60. The molecular weight excluding hydrogens is 218 g/mol. The summed E-state index contributed by atoms with van der Waals surface area (Å²) in [5, 5.41) is 3.63. The minimum absolute atomic E-state index is 0.327. The van der Waals surface area contributed by atoms with E-state index in [4.69, 9.17) is 0 Å². The lowest BCUT2D eigenvalue weighted by atomic mass is 9.95. The Labute approximate surface area is 99.9 Å². The molecular formula is C13H19NOS. The molecule has 0 bridgehead atoms. The van der Waals surface area contributed by atoms with Gasteiger partial charge in [0.2, 0.25) is 0 Å². The molecule has 0 radical (unpaired) electrons. The highest BCUT2D eigenvalue weighted by Gasteiger charge is 2.25. The summed E-state index contributed by atoms with van der Waals surface area (Å²) < 4.78 is 12.3. The molecule has 0 spiro atoms. The van der Waals surface area contributed by atoms with Crippen molar-refractivity contribution in [2.75, 3.05) is 7.05 Å². The van der Waals surface area contributed by atoms with Crippen molar-refractivity contribution < 1.29 is 4.21 Å². The SMILES string of the molecule is CNC1CCCC(S(=O)c2ccccc2)C1. The van der Waals surface area contributed by atoms with E-state index in [1.165, 1.54) is 12.8 Å². The molecule has 0 amide bonds. The fourth-order valence-electron chi connectivity index (χ4n) is 2.35. The summed E-state index contributed by atoms with van der Waals surface area (Å²) >= 11 is 0. The van der Waals surface area contributed by atoms with Crippen molar-refractivity contribution in [3.63, 3.8) is 0 Å². The van der Waals surface area contributed by atoms with Crippen molar-refractivity contribution in [1.29, 1.82) is 0 Å². The Kier molecular flexibility index (Phi) is 4.13. The summed E-state index contributed by atoms with van der Waals surface area (Å²) in [5.41, 5.74) is 0. The van der Waals surface area contributed by atoms with Crippen LogP contribution in [-0.2, 0) is 10.8 Å². The molecule has 0 heterocycles. The quantitative estimate of drug-likeness (QED) is 0.874. The van der Waals surface area contributed by atoms with Gasteiger partial charge in [-0.3, -0.25) is 4.21 Å². The lowest BCUT2D eigenvalue weighted by Crippen LogP contribution is -2.35. The van der Waals surface area contributed by atoms with Crippen molar-refractivity contribution in [2.45, 2.75) is 41.9 Å². The van der Waals surface area contributed by atoms with Gasteiger partial charge >= 0.3 is 0 Å². The molecule has 0 saturated heterocycles. The fraction of sp³-hybridized carbons (Fsp3) is 0.538. The van der Waals surface area contributed by atoms with Crippen LogP contribution in [0, 0.1) is 0 Å². The van der Waals surface area contributed by atoms with E-state index >= 15 is 0 Å². The standard InChI is InChI=1S/C13H19NOS/c1-14-11-6-5-9-13(10-11)16(15)12-7-3-2-4-8-12/h2-4,7-8,11,13-14H,5-6,9-10H2,1H3. The van der Waals surface area contributed by atoms with Crippen molar-refractivity contribution in [3.05, 3.63) is 30.3 Å². The van der Waals surface area contributed by atoms with E-state index in [0.717, 1.165) is 17.7 Å². The average Bonchev–Trinajstić information content (AvgIpc) is 2.39. The van der Waals surface area contributed by atoms with E-state index < -0.39 is 10.8 Å². The van der Waals surface area contributed by atoms with Crippen LogP contribution < -0.4 is 5.32 Å². The van der Waals surface area contributed by atoms with Crippen LogP contribution in [0.1, 0.15) is 25.7 Å². The zero-order valence-corrected chi connectivity index (χ0v) is 10.5. The number of nitrogens with one attached hydrogen (secondary N) is 1. The molecule has 2 rings (SSSR count). The van der Waals surface area contributed by atoms with Crippen molar-refractivity contribution in [3.8, 4) is 0 Å². The third kappa shape index (κ3) is 2.71. The van der Waals surface area contributed by atoms with Crippen LogP contribution >= 0.6 is 0 Å². The average molecular weight is 237 g/mol. The van der Waals surface area contributed by atoms with Gasteiger partial charge in [0.1, 0.15) is 0 Å². The van der Waals surface area contributed by atoms with Crippen LogP contribution in [0.25, 0.3) is 0 Å². The third-order valence-electron chi connectivity index (χ3n) is 3.31. The predicted molar refractivity (Wildman–Crippen MR) is 68.0 cm³/mol. The van der Waals surface area contributed by atoms with Crippen LogP contribution in [0.5, 0.6) is 0 Å². The zero-order valence-electron chi connectivity index (χ0n) is 9.69. The summed E-state index contributed by atoms with van der Waals surface area (Å²) in [4.78, 5) is 0.976. The maximum Gasteiger partial charge on any atom is 0.0561 e. The van der Waals surface area contributed by atoms with Gasteiger partial charge in [0, 0.05) is 16.2 Å². The summed E-state index contributed by atoms with van der Waals surface area (Å²) in [7, 11) is 1.17. The fourth-order valence-corrected chi connectivity index (χ4v) is 3.95. The van der Waals surface area contributed by atoms with E-state index in [1.807, 2.05) is 37.4 Å². The Morgan fingerprint density at radius 2 is 2.00 bits per heavy atom. The van der Waals surface area contributed by atoms with Gasteiger partial charge in [0.15, 0.2) is 0 Å². The largest absolute Gasteiger partial charge is 0.317 e. The van der Waals surface area contributed by atoms with Gasteiger partial charge in [0.25, 0.3) is 0 Å². The van der Waals surface area contributed by atoms with E-state index in [9.17, 15) is 4.21 Å². The minimum Gasteiger partial charge on any atom is -0.317 e. The normalized spacial score (nSPS) is 27.6. The molecule has 3 atom stereocenters. The summed E-state index contributed by atoms with van der Waals surface area (Å²) in [6, 6.07) is 10.4. The lowest BCUT2D eigenvalue weighted by molar-refractivity contribution is 0.398. The molecule has 1 saturated carbocycles. The van der Waals surface area contributed by atoms with Gasteiger partial charge in [-0.1, -0.05) is 24.6 Å². The number of hydrogen-bond acceptors (Lipinski definition) is 2. The first kappa shape index (κ1) is 11.8. The Bertz CT molecular complexity index is 352. The van der Waals surface area contributed by atoms with Gasteiger partial charge < -0.3 is 5.32 Å². The van der Waals surface area contributed by atoms with E-state index in [2.05, 4.69) is 5.32 Å². The predicted octanol–water partition coefficient (Wildman–Crippen LogP) is 2.32. The van der Waals surface area contributed by atoms with Crippen molar-refractivity contribution >= 4 is 10.8 Å². The van der Waals surface area contributed by atoms with Crippen LogP contribution in [0.2, 0.25) is 0 Å². The molecule has 1 N–H and O–H groups in total. The van der Waals surface area contributed by atoms with Gasteiger partial charge in [-0.15, -0.1) is 0 Å². The Hall–Kier alpha value is -0.670. The van der Waals surface area contributed by atoms with Gasteiger partial charge in [-0.25, -0.2) is 0 Å². The van der Waals surface area contributed by atoms with Gasteiger partial charge in [-0.05, 0) is 38.4 Å².